The average molecular weight is 274 g/mol. The van der Waals surface area contributed by atoms with Crippen LogP contribution in [-0.2, 0) is 14.3 Å². The molecule has 0 heterocycles. The molecule has 0 bridgehead atoms. The van der Waals surface area contributed by atoms with Crippen molar-refractivity contribution in [3.05, 3.63) is 48.6 Å². The van der Waals surface area contributed by atoms with Crippen molar-refractivity contribution in [2.24, 2.45) is 0 Å². The van der Waals surface area contributed by atoms with Crippen LogP contribution in [0, 0.1) is 0 Å². The molecule has 0 spiro atoms. The lowest BCUT2D eigenvalue weighted by molar-refractivity contribution is -0.137. The van der Waals surface area contributed by atoms with E-state index in [0.29, 0.717) is 13.2 Å². The number of allylic oxidation sites excluding steroid dienone is 1. The predicted molar refractivity (Wildman–Crippen MR) is 77.4 cm³/mol. The minimum atomic E-state index is -0.398. The van der Waals surface area contributed by atoms with E-state index in [9.17, 15) is 9.59 Å². The zero-order valence-corrected chi connectivity index (χ0v) is 11.3. The molecule has 0 atom stereocenters. The van der Waals surface area contributed by atoms with Gasteiger partial charge in [0.2, 0.25) is 0 Å². The number of hydrogen-bond acceptors (Lipinski definition) is 4. The Bertz CT molecular complexity index is 460. The SMILES string of the molecule is C=CC(=O)OCCCCOc1ccc(/C=C/C=O)cc1. The topological polar surface area (TPSA) is 52.6 Å². The summed E-state index contributed by atoms with van der Waals surface area (Å²) in [5.74, 6) is 0.376. The molecule has 1 aromatic carbocycles. The van der Waals surface area contributed by atoms with Crippen molar-refractivity contribution < 1.29 is 19.1 Å². The van der Waals surface area contributed by atoms with Crippen molar-refractivity contribution in [3.63, 3.8) is 0 Å². The van der Waals surface area contributed by atoms with E-state index < -0.39 is 5.97 Å². The molecule has 0 N–H and O–H groups in total. The number of benzene rings is 1. The monoisotopic (exact) mass is 274 g/mol. The first-order valence-electron chi connectivity index (χ1n) is 6.40. The zero-order valence-electron chi connectivity index (χ0n) is 11.3. The van der Waals surface area contributed by atoms with Crippen molar-refractivity contribution in [1.29, 1.82) is 0 Å². The molecular weight excluding hydrogens is 256 g/mol. The Kier molecular flexibility index (Phi) is 7.50. The quantitative estimate of drug-likeness (QED) is 0.301. The van der Waals surface area contributed by atoms with Crippen LogP contribution in [0.25, 0.3) is 6.08 Å². The third kappa shape index (κ3) is 6.54. The minimum Gasteiger partial charge on any atom is -0.494 e. The van der Waals surface area contributed by atoms with Gasteiger partial charge in [0.15, 0.2) is 0 Å². The van der Waals surface area contributed by atoms with E-state index in [1.807, 2.05) is 24.3 Å². The Morgan fingerprint density at radius 2 is 1.85 bits per heavy atom. The number of carbonyl (C=O) groups is 2. The van der Waals surface area contributed by atoms with Crippen LogP contribution < -0.4 is 4.74 Å². The molecule has 0 aliphatic rings. The second-order valence-corrected chi connectivity index (χ2v) is 3.99. The van der Waals surface area contributed by atoms with Crippen LogP contribution in [0.4, 0.5) is 0 Å². The van der Waals surface area contributed by atoms with Gasteiger partial charge in [-0.2, -0.15) is 0 Å². The maximum Gasteiger partial charge on any atom is 0.330 e. The van der Waals surface area contributed by atoms with Gasteiger partial charge < -0.3 is 9.47 Å². The second-order valence-electron chi connectivity index (χ2n) is 3.99. The average Bonchev–Trinajstić information content (AvgIpc) is 2.49. The summed E-state index contributed by atoms with van der Waals surface area (Å²) >= 11 is 0. The highest BCUT2D eigenvalue weighted by atomic mass is 16.5. The van der Waals surface area contributed by atoms with Crippen molar-refractivity contribution in [3.8, 4) is 5.75 Å². The highest BCUT2D eigenvalue weighted by Gasteiger charge is 1.97. The fourth-order valence-corrected chi connectivity index (χ4v) is 1.45. The number of carbonyl (C=O) groups excluding carboxylic acids is 2. The van der Waals surface area contributed by atoms with Crippen LogP contribution in [0.1, 0.15) is 18.4 Å². The largest absolute Gasteiger partial charge is 0.494 e. The molecule has 0 radical (unpaired) electrons. The fourth-order valence-electron chi connectivity index (χ4n) is 1.45. The minimum absolute atomic E-state index is 0.379. The van der Waals surface area contributed by atoms with E-state index in [0.717, 1.165) is 36.5 Å². The summed E-state index contributed by atoms with van der Waals surface area (Å²) in [6.45, 7) is 4.26. The van der Waals surface area contributed by atoms with E-state index in [4.69, 9.17) is 9.47 Å². The molecule has 0 saturated heterocycles. The number of unbranched alkanes of at least 4 members (excludes halogenated alkanes) is 1. The van der Waals surface area contributed by atoms with Crippen LogP contribution in [0.3, 0.4) is 0 Å². The summed E-state index contributed by atoms with van der Waals surface area (Å²) in [5.41, 5.74) is 0.945. The molecule has 4 heteroatoms. The number of ether oxygens (including phenoxy) is 2. The maximum atomic E-state index is 10.8. The first kappa shape index (κ1) is 15.7. The fraction of sp³-hybridized carbons (Fsp3) is 0.250. The Hall–Kier alpha value is -2.36. The Balaban J connectivity index is 2.19. The van der Waals surface area contributed by atoms with E-state index in [1.54, 1.807) is 6.08 Å². The van der Waals surface area contributed by atoms with Crippen molar-refractivity contribution >= 4 is 18.3 Å². The molecule has 4 nitrogen and oxygen atoms in total. The first-order chi connectivity index (χ1) is 9.76. The molecule has 0 unspecified atom stereocenters. The van der Waals surface area contributed by atoms with Gasteiger partial charge in [0.1, 0.15) is 12.0 Å². The van der Waals surface area contributed by atoms with Crippen LogP contribution in [0.15, 0.2) is 43.0 Å². The molecular formula is C16H18O4. The third-order valence-corrected chi connectivity index (χ3v) is 2.47. The van der Waals surface area contributed by atoms with Crippen molar-refractivity contribution in [2.45, 2.75) is 12.8 Å². The summed E-state index contributed by atoms with van der Waals surface area (Å²) in [7, 11) is 0. The van der Waals surface area contributed by atoms with Gasteiger partial charge >= 0.3 is 5.97 Å². The number of hydrogen-bond donors (Lipinski definition) is 0. The third-order valence-electron chi connectivity index (χ3n) is 2.47. The standard InChI is InChI=1S/C16H18O4/c1-2-16(18)20-13-4-3-12-19-15-9-7-14(8-10-15)6-5-11-17/h2,5-11H,1,3-4,12-13H2/b6-5+. The smallest absolute Gasteiger partial charge is 0.330 e. The van der Waals surface area contributed by atoms with Gasteiger partial charge in [0.25, 0.3) is 0 Å². The highest BCUT2D eigenvalue weighted by Crippen LogP contribution is 2.13. The normalized spacial score (nSPS) is 10.2. The van der Waals surface area contributed by atoms with Gasteiger partial charge in [-0.3, -0.25) is 4.79 Å². The summed E-state index contributed by atoms with van der Waals surface area (Å²) < 4.78 is 10.4. The molecule has 106 valence electrons. The number of aldehydes is 1. The molecule has 0 amide bonds. The van der Waals surface area contributed by atoms with Crippen LogP contribution in [0.5, 0.6) is 5.75 Å². The van der Waals surface area contributed by atoms with E-state index in [-0.39, 0.29) is 0 Å². The van der Waals surface area contributed by atoms with Crippen LogP contribution in [0.2, 0.25) is 0 Å². The van der Waals surface area contributed by atoms with Crippen molar-refractivity contribution in [2.75, 3.05) is 13.2 Å². The predicted octanol–water partition coefficient (Wildman–Crippen LogP) is 2.79. The lowest BCUT2D eigenvalue weighted by Gasteiger charge is -2.06. The molecule has 0 saturated carbocycles. The van der Waals surface area contributed by atoms with Gasteiger partial charge in [-0.1, -0.05) is 24.8 Å². The zero-order chi connectivity index (χ0) is 14.6. The van der Waals surface area contributed by atoms with Gasteiger partial charge in [-0.25, -0.2) is 4.79 Å². The van der Waals surface area contributed by atoms with Gasteiger partial charge in [-0.05, 0) is 36.6 Å². The van der Waals surface area contributed by atoms with Crippen molar-refractivity contribution in [1.82, 2.24) is 0 Å². The molecule has 0 aliphatic heterocycles. The number of rotatable bonds is 9. The molecule has 0 aliphatic carbocycles. The molecule has 1 rings (SSSR count). The summed E-state index contributed by atoms with van der Waals surface area (Å²) in [6, 6.07) is 7.45. The maximum absolute atomic E-state index is 10.8. The Morgan fingerprint density at radius 3 is 2.50 bits per heavy atom. The molecule has 20 heavy (non-hydrogen) atoms. The second kappa shape index (κ2) is 9.55. The lowest BCUT2D eigenvalue weighted by Crippen LogP contribution is -2.04. The van der Waals surface area contributed by atoms with E-state index in [1.165, 1.54) is 6.08 Å². The highest BCUT2D eigenvalue weighted by molar-refractivity contribution is 5.81. The van der Waals surface area contributed by atoms with Gasteiger partial charge in [-0.15, -0.1) is 0 Å². The van der Waals surface area contributed by atoms with Crippen LogP contribution in [-0.4, -0.2) is 25.5 Å². The van der Waals surface area contributed by atoms with Gasteiger partial charge in [0.05, 0.1) is 13.2 Å². The summed E-state index contributed by atoms with van der Waals surface area (Å²) in [5, 5.41) is 0. The molecule has 0 fully saturated rings. The van der Waals surface area contributed by atoms with E-state index in [2.05, 4.69) is 6.58 Å². The summed E-state index contributed by atoms with van der Waals surface area (Å²) in [6.07, 6.45) is 6.61. The Labute approximate surface area is 118 Å². The first-order valence-corrected chi connectivity index (χ1v) is 6.40. The molecule has 0 aromatic heterocycles. The molecule has 1 aromatic rings. The van der Waals surface area contributed by atoms with Gasteiger partial charge in [0, 0.05) is 6.08 Å². The van der Waals surface area contributed by atoms with E-state index >= 15 is 0 Å². The number of esters is 1. The van der Waals surface area contributed by atoms with Crippen LogP contribution >= 0.6 is 0 Å². The lowest BCUT2D eigenvalue weighted by atomic mass is 10.2. The Morgan fingerprint density at radius 1 is 1.15 bits per heavy atom. The summed E-state index contributed by atoms with van der Waals surface area (Å²) in [4.78, 5) is 21.0.